The van der Waals surface area contributed by atoms with Crippen LogP contribution >= 0.6 is 0 Å². The molecule has 0 saturated heterocycles. The highest BCUT2D eigenvalue weighted by Gasteiger charge is 2.00. The summed E-state index contributed by atoms with van der Waals surface area (Å²) in [7, 11) is 0. The summed E-state index contributed by atoms with van der Waals surface area (Å²) in [4.78, 5) is 0. The van der Waals surface area contributed by atoms with Crippen LogP contribution < -0.4 is 9.47 Å². The molecule has 1 N–H and O–H groups in total. The van der Waals surface area contributed by atoms with E-state index in [1.807, 2.05) is 36.4 Å². The number of hydrogen-bond donors (Lipinski definition) is 1. The molecule has 2 rings (SSSR count). The second-order valence-electron chi connectivity index (χ2n) is 6.65. The van der Waals surface area contributed by atoms with Crippen molar-refractivity contribution in [3.63, 3.8) is 0 Å². The van der Waals surface area contributed by atoms with Crippen molar-refractivity contribution in [3.05, 3.63) is 48.5 Å². The van der Waals surface area contributed by atoms with Crippen LogP contribution in [-0.4, -0.2) is 18.5 Å². The molecule has 2 aromatic rings. The van der Waals surface area contributed by atoms with E-state index in [1.165, 1.54) is 44.9 Å². The second kappa shape index (κ2) is 12.4. The van der Waals surface area contributed by atoms with Crippen molar-refractivity contribution >= 4 is 0 Å². The molecule has 0 unspecified atom stereocenters. The van der Waals surface area contributed by atoms with Gasteiger partial charge in [-0.25, -0.2) is 0 Å². The van der Waals surface area contributed by atoms with Gasteiger partial charge in [0.2, 0.25) is 0 Å². The van der Waals surface area contributed by atoms with Gasteiger partial charge >= 0.3 is 0 Å². The Bertz CT molecular complexity index is 590. The van der Waals surface area contributed by atoms with Crippen molar-refractivity contribution in [1.82, 2.24) is 0 Å². The minimum absolute atomic E-state index is 0.301. The van der Waals surface area contributed by atoms with Crippen molar-refractivity contribution in [2.45, 2.75) is 58.3 Å². The lowest BCUT2D eigenvalue weighted by atomic mass is 10.1. The van der Waals surface area contributed by atoms with E-state index in [1.54, 1.807) is 0 Å². The fourth-order valence-electron chi connectivity index (χ4n) is 2.99. The predicted molar refractivity (Wildman–Crippen MR) is 108 cm³/mol. The Morgan fingerprint density at radius 3 is 1.58 bits per heavy atom. The number of aliphatic hydroxyl groups excluding tert-OH is 1. The Labute approximate surface area is 158 Å². The molecular formula is C23H32O3. The van der Waals surface area contributed by atoms with Crippen LogP contribution in [-0.2, 0) is 0 Å². The number of benzene rings is 2. The summed E-state index contributed by atoms with van der Waals surface area (Å²) in [5.74, 6) is 1.60. The molecule has 3 heteroatoms. The van der Waals surface area contributed by atoms with Gasteiger partial charge in [-0.1, -0.05) is 76.1 Å². The standard InChI is InChI=1S/C23H32O3/c1-2-3-4-5-6-7-8-9-18-25-22-14-10-20(11-15-22)21-12-16-23(17-13-21)26-19-24/h10-17,24H,2-9,18-19H2,1H3. The zero-order valence-corrected chi connectivity index (χ0v) is 16.0. The lowest BCUT2D eigenvalue weighted by molar-refractivity contribution is 0.0985. The smallest absolute Gasteiger partial charge is 0.186 e. The van der Waals surface area contributed by atoms with Crippen molar-refractivity contribution in [2.24, 2.45) is 0 Å². The first kappa shape index (κ1) is 20.3. The molecule has 0 aromatic heterocycles. The molecule has 0 amide bonds. The molecule has 0 aliphatic rings. The summed E-state index contributed by atoms with van der Waals surface area (Å²) in [6.07, 6.45) is 10.5. The first-order chi connectivity index (χ1) is 12.8. The van der Waals surface area contributed by atoms with Gasteiger partial charge in [0.05, 0.1) is 6.61 Å². The lowest BCUT2D eigenvalue weighted by Gasteiger charge is -2.08. The van der Waals surface area contributed by atoms with E-state index < -0.39 is 0 Å². The van der Waals surface area contributed by atoms with Crippen LogP contribution in [0.1, 0.15) is 58.3 Å². The maximum Gasteiger partial charge on any atom is 0.186 e. The molecule has 0 aliphatic heterocycles. The van der Waals surface area contributed by atoms with E-state index in [9.17, 15) is 0 Å². The van der Waals surface area contributed by atoms with Crippen LogP contribution in [0.4, 0.5) is 0 Å². The lowest BCUT2D eigenvalue weighted by Crippen LogP contribution is -1.97. The monoisotopic (exact) mass is 356 g/mol. The van der Waals surface area contributed by atoms with Crippen LogP contribution in [0.25, 0.3) is 11.1 Å². The molecular weight excluding hydrogens is 324 g/mol. The zero-order chi connectivity index (χ0) is 18.5. The SMILES string of the molecule is CCCCCCCCCCOc1ccc(-c2ccc(OCO)cc2)cc1. The minimum Gasteiger partial charge on any atom is -0.494 e. The summed E-state index contributed by atoms with van der Waals surface area (Å²) < 4.78 is 10.9. The van der Waals surface area contributed by atoms with E-state index in [4.69, 9.17) is 14.6 Å². The summed E-state index contributed by atoms with van der Waals surface area (Å²) >= 11 is 0. The van der Waals surface area contributed by atoms with Crippen LogP contribution in [0.5, 0.6) is 11.5 Å². The van der Waals surface area contributed by atoms with Gasteiger partial charge in [-0.15, -0.1) is 0 Å². The molecule has 2 aromatic carbocycles. The van der Waals surface area contributed by atoms with E-state index in [2.05, 4.69) is 19.1 Å². The average molecular weight is 357 g/mol. The van der Waals surface area contributed by atoms with Gasteiger partial charge < -0.3 is 14.6 Å². The molecule has 26 heavy (non-hydrogen) atoms. The van der Waals surface area contributed by atoms with Gasteiger partial charge in [0.1, 0.15) is 11.5 Å². The largest absolute Gasteiger partial charge is 0.494 e. The van der Waals surface area contributed by atoms with Gasteiger partial charge in [0.15, 0.2) is 6.79 Å². The Balaban J connectivity index is 1.66. The van der Waals surface area contributed by atoms with Crippen molar-refractivity contribution in [2.75, 3.05) is 13.4 Å². The van der Waals surface area contributed by atoms with Gasteiger partial charge in [-0.05, 0) is 41.8 Å². The summed E-state index contributed by atoms with van der Waals surface area (Å²) in [6, 6.07) is 15.9. The fraction of sp³-hybridized carbons (Fsp3) is 0.478. The molecule has 0 radical (unpaired) electrons. The van der Waals surface area contributed by atoms with Crippen LogP contribution in [0.15, 0.2) is 48.5 Å². The Morgan fingerprint density at radius 1 is 0.615 bits per heavy atom. The first-order valence-electron chi connectivity index (χ1n) is 9.90. The molecule has 0 heterocycles. The molecule has 0 aliphatic carbocycles. The summed E-state index contributed by atoms with van der Waals surface area (Å²) in [6.45, 7) is 2.75. The topological polar surface area (TPSA) is 38.7 Å². The normalized spacial score (nSPS) is 10.7. The predicted octanol–water partition coefficient (Wildman–Crippen LogP) is 6.20. The number of ether oxygens (including phenoxy) is 2. The highest BCUT2D eigenvalue weighted by molar-refractivity contribution is 5.64. The number of rotatable bonds is 13. The maximum absolute atomic E-state index is 8.76. The van der Waals surface area contributed by atoms with Crippen LogP contribution in [0.3, 0.4) is 0 Å². The number of aliphatic hydroxyl groups is 1. The van der Waals surface area contributed by atoms with Gasteiger partial charge in [-0.3, -0.25) is 0 Å². The molecule has 0 atom stereocenters. The van der Waals surface area contributed by atoms with Gasteiger partial charge in [-0.2, -0.15) is 0 Å². The maximum atomic E-state index is 8.76. The third-order valence-corrected chi connectivity index (χ3v) is 4.54. The highest BCUT2D eigenvalue weighted by Crippen LogP contribution is 2.24. The molecule has 3 nitrogen and oxygen atoms in total. The third-order valence-electron chi connectivity index (χ3n) is 4.54. The molecule has 0 spiro atoms. The van der Waals surface area contributed by atoms with E-state index in [0.29, 0.717) is 5.75 Å². The summed E-state index contributed by atoms with van der Waals surface area (Å²) in [5, 5.41) is 8.76. The summed E-state index contributed by atoms with van der Waals surface area (Å²) in [5.41, 5.74) is 2.25. The molecule has 0 fully saturated rings. The van der Waals surface area contributed by atoms with Crippen molar-refractivity contribution in [1.29, 1.82) is 0 Å². The zero-order valence-electron chi connectivity index (χ0n) is 16.0. The van der Waals surface area contributed by atoms with Crippen molar-refractivity contribution < 1.29 is 14.6 Å². The molecule has 142 valence electrons. The fourth-order valence-corrected chi connectivity index (χ4v) is 2.99. The van der Waals surface area contributed by atoms with E-state index >= 15 is 0 Å². The Hall–Kier alpha value is -2.00. The first-order valence-corrected chi connectivity index (χ1v) is 9.90. The average Bonchev–Trinajstić information content (AvgIpc) is 2.68. The molecule has 0 saturated carbocycles. The van der Waals surface area contributed by atoms with Crippen molar-refractivity contribution in [3.8, 4) is 22.6 Å². The second-order valence-corrected chi connectivity index (χ2v) is 6.65. The van der Waals surface area contributed by atoms with E-state index in [0.717, 1.165) is 29.9 Å². The van der Waals surface area contributed by atoms with Gasteiger partial charge in [0.25, 0.3) is 0 Å². The third kappa shape index (κ3) is 7.49. The van der Waals surface area contributed by atoms with E-state index in [-0.39, 0.29) is 6.79 Å². The minimum atomic E-state index is -0.301. The van der Waals surface area contributed by atoms with Crippen LogP contribution in [0.2, 0.25) is 0 Å². The number of hydrogen-bond acceptors (Lipinski definition) is 3. The van der Waals surface area contributed by atoms with Gasteiger partial charge in [0, 0.05) is 0 Å². The Morgan fingerprint density at radius 2 is 1.08 bits per heavy atom. The molecule has 0 bridgehead atoms. The quantitative estimate of drug-likeness (QED) is 0.343. The highest BCUT2D eigenvalue weighted by atomic mass is 16.6. The number of unbranched alkanes of at least 4 members (excludes halogenated alkanes) is 7. The Kier molecular flexibility index (Phi) is 9.66. The van der Waals surface area contributed by atoms with Crippen LogP contribution in [0, 0.1) is 0 Å².